The van der Waals surface area contributed by atoms with Gasteiger partial charge >= 0.3 is 5.97 Å². The van der Waals surface area contributed by atoms with Crippen molar-refractivity contribution in [1.82, 2.24) is 0 Å². The Morgan fingerprint density at radius 2 is 1.93 bits per heavy atom. The molecule has 0 aliphatic carbocycles. The predicted octanol–water partition coefficient (Wildman–Crippen LogP) is 5.06. The average molecular weight is 367 g/mol. The summed E-state index contributed by atoms with van der Waals surface area (Å²) in [6, 6.07) is 9.54. The van der Waals surface area contributed by atoms with Crippen LogP contribution in [0.15, 0.2) is 30.3 Å². The van der Waals surface area contributed by atoms with Crippen LogP contribution in [0, 0.1) is 24.1 Å². The van der Waals surface area contributed by atoms with E-state index in [0.717, 1.165) is 12.0 Å². The molecule has 0 radical (unpaired) electrons. The number of fused-ring (bicyclic) bond motifs is 1. The lowest BCUT2D eigenvalue weighted by atomic mass is 9.72. The van der Waals surface area contributed by atoms with Gasteiger partial charge < -0.3 is 9.47 Å². The molecule has 140 valence electrons. The lowest BCUT2D eigenvalue weighted by Gasteiger charge is -2.42. The highest BCUT2D eigenvalue weighted by Crippen LogP contribution is 2.46. The van der Waals surface area contributed by atoms with Crippen molar-refractivity contribution in [3.05, 3.63) is 58.4 Å². The fraction of sp³-hybridized carbons (Fsp3) is 0.364. The number of hydrogen-bond acceptors (Lipinski definition) is 4. The highest BCUT2D eigenvalue weighted by Gasteiger charge is 2.40. The van der Waals surface area contributed by atoms with E-state index < -0.39 is 17.4 Å². The molecule has 4 nitrogen and oxygen atoms in total. The number of nitriles is 1. The molecule has 1 aliphatic heterocycles. The molecule has 1 aliphatic rings. The Morgan fingerprint density at radius 1 is 1.22 bits per heavy atom. The number of rotatable bonds is 2. The molecular formula is C22H22FNO3. The Bertz CT molecular complexity index is 970. The van der Waals surface area contributed by atoms with Gasteiger partial charge in [0.1, 0.15) is 29.0 Å². The monoisotopic (exact) mass is 367 g/mol. The molecule has 5 heteroatoms. The highest BCUT2D eigenvalue weighted by molar-refractivity contribution is 5.92. The van der Waals surface area contributed by atoms with Crippen LogP contribution >= 0.6 is 0 Å². The normalized spacial score (nSPS) is 16.6. The molecule has 3 rings (SSSR count). The Morgan fingerprint density at radius 3 is 2.56 bits per heavy atom. The lowest BCUT2D eigenvalue weighted by molar-refractivity contribution is 0.0529. The molecule has 0 N–H and O–H groups in total. The lowest BCUT2D eigenvalue weighted by Crippen LogP contribution is -2.41. The smallest absolute Gasteiger partial charge is 0.343 e. The largest absolute Gasteiger partial charge is 0.486 e. The molecule has 0 atom stereocenters. The number of nitrogens with zero attached hydrogens (tertiary/aromatic N) is 1. The minimum absolute atomic E-state index is 0.121. The van der Waals surface area contributed by atoms with Crippen LogP contribution in [-0.4, -0.2) is 11.6 Å². The summed E-state index contributed by atoms with van der Waals surface area (Å²) >= 11 is 0. The van der Waals surface area contributed by atoms with E-state index in [0.29, 0.717) is 11.3 Å². The molecule has 0 unspecified atom stereocenters. The van der Waals surface area contributed by atoms with E-state index in [2.05, 4.69) is 19.9 Å². The van der Waals surface area contributed by atoms with Gasteiger partial charge in [-0.25, -0.2) is 9.18 Å². The zero-order valence-corrected chi connectivity index (χ0v) is 16.1. The van der Waals surface area contributed by atoms with E-state index in [1.165, 1.54) is 18.2 Å². The highest BCUT2D eigenvalue weighted by atomic mass is 19.1. The van der Waals surface area contributed by atoms with Crippen molar-refractivity contribution in [2.75, 3.05) is 0 Å². The number of carbonyl (C=O) groups excluding carboxylic acids is 1. The summed E-state index contributed by atoms with van der Waals surface area (Å²) in [4.78, 5) is 12.6. The summed E-state index contributed by atoms with van der Waals surface area (Å²) < 4.78 is 25.0. The second-order valence-electron chi connectivity index (χ2n) is 8.24. The number of esters is 1. The van der Waals surface area contributed by atoms with Crippen LogP contribution in [0.5, 0.6) is 11.5 Å². The van der Waals surface area contributed by atoms with Crippen LogP contribution in [0.3, 0.4) is 0 Å². The molecule has 2 aromatic carbocycles. The van der Waals surface area contributed by atoms with Crippen molar-refractivity contribution in [3.63, 3.8) is 0 Å². The summed E-state index contributed by atoms with van der Waals surface area (Å²) in [5.74, 6) is -0.453. The second kappa shape index (κ2) is 6.38. The van der Waals surface area contributed by atoms with E-state index >= 15 is 0 Å². The first-order chi connectivity index (χ1) is 12.5. The molecule has 0 fully saturated rings. The quantitative estimate of drug-likeness (QED) is 0.550. The van der Waals surface area contributed by atoms with Crippen molar-refractivity contribution in [2.45, 2.75) is 52.1 Å². The molecular weight excluding hydrogens is 345 g/mol. The van der Waals surface area contributed by atoms with Crippen molar-refractivity contribution in [3.8, 4) is 17.6 Å². The predicted molar refractivity (Wildman–Crippen MR) is 99.6 cm³/mol. The number of ether oxygens (including phenoxy) is 2. The molecule has 2 aromatic rings. The maximum Gasteiger partial charge on any atom is 0.343 e. The molecule has 0 spiro atoms. The van der Waals surface area contributed by atoms with Crippen molar-refractivity contribution in [1.29, 1.82) is 5.26 Å². The van der Waals surface area contributed by atoms with Gasteiger partial charge in [-0.2, -0.15) is 5.26 Å². The minimum atomic E-state index is -0.641. The standard InChI is InChI=1S/C22H22FNO3/c1-13-6-7-16(10-18(13)23)26-20(25)14-8-15(11-24)19-17(9-14)21(2,3)12-22(4,5)27-19/h6-10H,12H2,1-5H3. The molecule has 0 aromatic heterocycles. The van der Waals surface area contributed by atoms with Gasteiger partial charge in [0.25, 0.3) is 0 Å². The molecule has 0 amide bonds. The first kappa shape index (κ1) is 18.9. The van der Waals surface area contributed by atoms with Gasteiger partial charge in [-0.3, -0.25) is 0 Å². The number of aryl methyl sites for hydroxylation is 1. The summed E-state index contributed by atoms with van der Waals surface area (Å²) in [5, 5.41) is 9.57. The zero-order valence-electron chi connectivity index (χ0n) is 16.1. The van der Waals surface area contributed by atoms with Crippen LogP contribution in [0.4, 0.5) is 4.39 Å². The van der Waals surface area contributed by atoms with Gasteiger partial charge in [-0.1, -0.05) is 19.9 Å². The molecule has 27 heavy (non-hydrogen) atoms. The third-order valence-corrected chi connectivity index (χ3v) is 4.77. The number of hydrogen-bond donors (Lipinski definition) is 0. The first-order valence-corrected chi connectivity index (χ1v) is 8.78. The molecule has 0 bridgehead atoms. The van der Waals surface area contributed by atoms with E-state index in [1.807, 2.05) is 13.8 Å². The van der Waals surface area contributed by atoms with Crippen molar-refractivity contribution in [2.24, 2.45) is 0 Å². The van der Waals surface area contributed by atoms with Gasteiger partial charge in [-0.05, 0) is 56.4 Å². The van der Waals surface area contributed by atoms with E-state index in [9.17, 15) is 14.4 Å². The molecule has 1 heterocycles. The van der Waals surface area contributed by atoms with Gasteiger partial charge in [0.2, 0.25) is 0 Å². The summed E-state index contributed by atoms with van der Waals surface area (Å²) in [6.45, 7) is 9.70. The van der Waals surface area contributed by atoms with Gasteiger partial charge in [-0.15, -0.1) is 0 Å². The topological polar surface area (TPSA) is 59.3 Å². The van der Waals surface area contributed by atoms with Crippen LogP contribution in [-0.2, 0) is 5.41 Å². The van der Waals surface area contributed by atoms with Crippen LogP contribution in [0.1, 0.15) is 61.2 Å². The fourth-order valence-electron chi connectivity index (χ4n) is 3.72. The summed E-state index contributed by atoms with van der Waals surface area (Å²) in [6.07, 6.45) is 0.736. The van der Waals surface area contributed by atoms with Crippen LogP contribution in [0.25, 0.3) is 0 Å². The fourth-order valence-corrected chi connectivity index (χ4v) is 3.72. The number of halogens is 1. The van der Waals surface area contributed by atoms with E-state index in [-0.39, 0.29) is 22.3 Å². The van der Waals surface area contributed by atoms with Gasteiger partial charge in [0.15, 0.2) is 0 Å². The second-order valence-corrected chi connectivity index (χ2v) is 8.24. The Hall–Kier alpha value is -2.87. The van der Waals surface area contributed by atoms with Crippen molar-refractivity contribution >= 4 is 5.97 Å². The Labute approximate surface area is 158 Å². The minimum Gasteiger partial charge on any atom is -0.486 e. The van der Waals surface area contributed by atoms with Gasteiger partial charge in [0, 0.05) is 11.6 Å². The maximum atomic E-state index is 13.7. The van der Waals surface area contributed by atoms with Crippen LogP contribution in [0.2, 0.25) is 0 Å². The molecule has 0 saturated carbocycles. The Kier molecular flexibility index (Phi) is 4.47. The molecule has 0 saturated heterocycles. The number of carbonyl (C=O) groups is 1. The van der Waals surface area contributed by atoms with Crippen LogP contribution < -0.4 is 9.47 Å². The average Bonchev–Trinajstić information content (AvgIpc) is 2.55. The van der Waals surface area contributed by atoms with E-state index in [4.69, 9.17) is 9.47 Å². The van der Waals surface area contributed by atoms with Gasteiger partial charge in [0.05, 0.1) is 11.1 Å². The third kappa shape index (κ3) is 3.66. The van der Waals surface area contributed by atoms with E-state index in [1.54, 1.807) is 19.1 Å². The summed E-state index contributed by atoms with van der Waals surface area (Å²) in [7, 11) is 0. The third-order valence-electron chi connectivity index (χ3n) is 4.77. The first-order valence-electron chi connectivity index (χ1n) is 8.78. The summed E-state index contributed by atoms with van der Waals surface area (Å²) in [5.41, 5.74) is 1.09. The zero-order chi connectivity index (χ0) is 20.0. The maximum absolute atomic E-state index is 13.7. The number of benzene rings is 2. The Balaban J connectivity index is 2.01. The SMILES string of the molecule is Cc1ccc(OC(=O)c2cc(C#N)c3c(c2)C(C)(C)CC(C)(C)O3)cc1F. The van der Waals surface area contributed by atoms with Crippen molar-refractivity contribution < 1.29 is 18.7 Å².